The number of aromatic nitrogens is 5. The van der Waals surface area contributed by atoms with Gasteiger partial charge in [0.15, 0.2) is 5.82 Å². The third-order valence-corrected chi connectivity index (χ3v) is 8.32. The van der Waals surface area contributed by atoms with Gasteiger partial charge in [-0.15, -0.1) is 10.2 Å². The van der Waals surface area contributed by atoms with Gasteiger partial charge in [-0.05, 0) is 83.1 Å². The second kappa shape index (κ2) is 11.0. The Morgan fingerprint density at radius 2 is 1.85 bits per heavy atom. The highest BCUT2D eigenvalue weighted by Gasteiger charge is 2.44. The lowest BCUT2D eigenvalue weighted by Gasteiger charge is -2.41. The van der Waals surface area contributed by atoms with Crippen molar-refractivity contribution in [2.75, 3.05) is 18.6 Å². The zero-order chi connectivity index (χ0) is 27.8. The lowest BCUT2D eigenvalue weighted by Crippen LogP contribution is -2.51. The summed E-state index contributed by atoms with van der Waals surface area (Å²) in [4.78, 5) is 20.3. The predicted molar refractivity (Wildman–Crippen MR) is 149 cm³/mol. The second-order valence-corrected chi connectivity index (χ2v) is 11.3. The molecule has 6 heterocycles. The average molecular weight is 548 g/mol. The quantitative estimate of drug-likeness (QED) is 0.436. The molecule has 3 fully saturated rings. The van der Waals surface area contributed by atoms with Gasteiger partial charge in [0.05, 0.1) is 18.0 Å². The molecule has 11 heteroatoms. The Labute approximate surface area is 234 Å². The summed E-state index contributed by atoms with van der Waals surface area (Å²) in [5.41, 5.74) is 3.13. The Kier molecular flexibility index (Phi) is 7.31. The zero-order valence-electron chi connectivity index (χ0n) is 23.3. The van der Waals surface area contributed by atoms with E-state index >= 15 is 0 Å². The summed E-state index contributed by atoms with van der Waals surface area (Å²) in [5, 5.41) is 23.1. The van der Waals surface area contributed by atoms with Gasteiger partial charge in [0.2, 0.25) is 5.88 Å². The summed E-state index contributed by atoms with van der Waals surface area (Å²) < 4.78 is 13.9. The van der Waals surface area contributed by atoms with Crippen LogP contribution in [0.25, 0.3) is 22.5 Å². The van der Waals surface area contributed by atoms with Crippen molar-refractivity contribution in [2.45, 2.75) is 89.3 Å². The van der Waals surface area contributed by atoms with E-state index in [1.54, 1.807) is 4.90 Å². The minimum absolute atomic E-state index is 0.0315. The van der Waals surface area contributed by atoms with Crippen LogP contribution in [-0.4, -0.2) is 78.9 Å². The van der Waals surface area contributed by atoms with E-state index in [-0.39, 0.29) is 30.5 Å². The molecule has 0 spiro atoms. The number of ether oxygens (including phenoxy) is 2. The highest BCUT2D eigenvalue weighted by Crippen LogP contribution is 2.38. The van der Waals surface area contributed by atoms with Crippen molar-refractivity contribution in [3.8, 4) is 28.4 Å². The number of pyridine rings is 1. The number of fused-ring (bicyclic) bond motifs is 2. The number of rotatable bonds is 7. The zero-order valence-corrected chi connectivity index (χ0v) is 23.3. The number of nitrogens with zero attached hydrogens (tertiary/aromatic N) is 7. The Morgan fingerprint density at radius 1 is 1.07 bits per heavy atom. The molecule has 3 aliphatic rings. The SMILES string of the molecule is CC(C)Oc1nc(-c2ccc(N(C)[C@H]3C[C@H]4CC[C@@H](C3)N4C(=O)O)nn2)ccc1-c1cnn(C2CCCCO2)c1. The number of carbonyl (C=O) groups is 1. The van der Waals surface area contributed by atoms with Crippen molar-refractivity contribution in [2.24, 2.45) is 0 Å². The van der Waals surface area contributed by atoms with Gasteiger partial charge in [0.1, 0.15) is 11.9 Å². The third kappa shape index (κ3) is 5.22. The molecule has 1 unspecified atom stereocenters. The number of hydrogen-bond donors (Lipinski definition) is 1. The Balaban J connectivity index is 1.20. The Bertz CT molecular complexity index is 1320. The summed E-state index contributed by atoms with van der Waals surface area (Å²) >= 11 is 0. The average Bonchev–Trinajstić information content (AvgIpc) is 3.55. The molecular formula is C29H37N7O4. The maximum Gasteiger partial charge on any atom is 0.407 e. The number of piperidine rings is 1. The Hall–Kier alpha value is -3.73. The molecule has 11 nitrogen and oxygen atoms in total. The Morgan fingerprint density at radius 3 is 2.50 bits per heavy atom. The van der Waals surface area contributed by atoms with Gasteiger partial charge >= 0.3 is 6.09 Å². The molecule has 1 N–H and O–H groups in total. The summed E-state index contributed by atoms with van der Waals surface area (Å²) in [6, 6.07) is 8.22. The molecule has 3 aliphatic heterocycles. The van der Waals surface area contributed by atoms with Crippen LogP contribution < -0.4 is 9.64 Å². The first-order chi connectivity index (χ1) is 19.4. The molecule has 2 bridgehead atoms. The highest BCUT2D eigenvalue weighted by molar-refractivity contribution is 5.70. The van der Waals surface area contributed by atoms with E-state index in [4.69, 9.17) is 14.5 Å². The molecule has 3 aromatic heterocycles. The molecule has 0 saturated carbocycles. The van der Waals surface area contributed by atoms with Crippen LogP contribution in [-0.2, 0) is 4.74 Å². The monoisotopic (exact) mass is 547 g/mol. The number of hydrogen-bond acceptors (Lipinski definition) is 8. The van der Waals surface area contributed by atoms with E-state index in [9.17, 15) is 9.90 Å². The molecule has 1 amide bonds. The number of amides is 1. The molecule has 0 aromatic carbocycles. The topological polar surface area (TPSA) is 119 Å². The van der Waals surface area contributed by atoms with E-state index < -0.39 is 6.09 Å². The summed E-state index contributed by atoms with van der Waals surface area (Å²) in [5.74, 6) is 1.30. The van der Waals surface area contributed by atoms with Gasteiger partial charge in [-0.25, -0.2) is 14.5 Å². The maximum absolute atomic E-state index is 11.7. The lowest BCUT2D eigenvalue weighted by molar-refractivity contribution is -0.0394. The van der Waals surface area contributed by atoms with E-state index in [0.29, 0.717) is 17.3 Å². The van der Waals surface area contributed by atoms with Crippen LogP contribution in [0.1, 0.15) is 65.0 Å². The van der Waals surface area contributed by atoms with Crippen molar-refractivity contribution in [1.82, 2.24) is 29.9 Å². The fourth-order valence-electron chi connectivity index (χ4n) is 6.30. The minimum Gasteiger partial charge on any atom is -0.474 e. The fraction of sp³-hybridized carbons (Fsp3) is 0.552. The second-order valence-electron chi connectivity index (χ2n) is 11.3. The van der Waals surface area contributed by atoms with Gasteiger partial charge in [0.25, 0.3) is 0 Å². The van der Waals surface area contributed by atoms with Gasteiger partial charge < -0.3 is 24.4 Å². The molecule has 3 saturated heterocycles. The van der Waals surface area contributed by atoms with Crippen LogP contribution in [0.15, 0.2) is 36.7 Å². The predicted octanol–water partition coefficient (Wildman–Crippen LogP) is 5.00. The molecule has 212 valence electrons. The molecule has 0 radical (unpaired) electrons. The van der Waals surface area contributed by atoms with Crippen LogP contribution in [0, 0.1) is 0 Å². The van der Waals surface area contributed by atoms with Crippen molar-refractivity contribution in [3.05, 3.63) is 36.7 Å². The molecular weight excluding hydrogens is 510 g/mol. The maximum atomic E-state index is 11.7. The molecule has 4 atom stereocenters. The van der Waals surface area contributed by atoms with Crippen LogP contribution >= 0.6 is 0 Å². The summed E-state index contributed by atoms with van der Waals surface area (Å²) in [6.45, 7) is 4.72. The van der Waals surface area contributed by atoms with Crippen molar-refractivity contribution in [1.29, 1.82) is 0 Å². The van der Waals surface area contributed by atoms with E-state index in [2.05, 4.69) is 20.2 Å². The first kappa shape index (κ1) is 26.5. The van der Waals surface area contributed by atoms with Crippen LogP contribution in [0.3, 0.4) is 0 Å². The van der Waals surface area contributed by atoms with Crippen molar-refractivity contribution >= 4 is 11.9 Å². The number of carboxylic acid groups (broad SMARTS) is 1. The minimum atomic E-state index is -0.802. The summed E-state index contributed by atoms with van der Waals surface area (Å²) in [6.07, 6.45) is 9.62. The first-order valence-corrected chi connectivity index (χ1v) is 14.3. The normalized spacial score (nSPS) is 24.4. The molecule has 0 aliphatic carbocycles. The van der Waals surface area contributed by atoms with E-state index in [0.717, 1.165) is 68.5 Å². The largest absolute Gasteiger partial charge is 0.474 e. The molecule has 40 heavy (non-hydrogen) atoms. The smallest absolute Gasteiger partial charge is 0.407 e. The van der Waals surface area contributed by atoms with Crippen LogP contribution in [0.5, 0.6) is 5.88 Å². The van der Waals surface area contributed by atoms with Gasteiger partial charge in [-0.1, -0.05) is 0 Å². The first-order valence-electron chi connectivity index (χ1n) is 14.3. The highest BCUT2D eigenvalue weighted by atomic mass is 16.5. The molecule has 3 aromatic rings. The van der Waals surface area contributed by atoms with Crippen molar-refractivity contribution in [3.63, 3.8) is 0 Å². The number of anilines is 1. The van der Waals surface area contributed by atoms with Gasteiger partial charge in [-0.3, -0.25) is 0 Å². The van der Waals surface area contributed by atoms with Crippen molar-refractivity contribution < 1.29 is 19.4 Å². The van der Waals surface area contributed by atoms with E-state index in [1.807, 2.05) is 62.2 Å². The molecule has 6 rings (SSSR count). The van der Waals surface area contributed by atoms with Gasteiger partial charge in [0, 0.05) is 49.1 Å². The fourth-order valence-corrected chi connectivity index (χ4v) is 6.30. The summed E-state index contributed by atoms with van der Waals surface area (Å²) in [7, 11) is 2.02. The van der Waals surface area contributed by atoms with Crippen LogP contribution in [0.4, 0.5) is 10.6 Å². The van der Waals surface area contributed by atoms with E-state index in [1.165, 1.54) is 0 Å². The van der Waals surface area contributed by atoms with Crippen LogP contribution in [0.2, 0.25) is 0 Å². The standard InChI is InChI=1S/C29H37N7O4/c1-18(2)40-28-23(19-16-30-35(17-19)27-6-4-5-13-39-27)9-10-24(31-28)25-11-12-26(33-32-25)34(3)22-14-20-7-8-21(15-22)36(20)29(37)38/h9-12,16-18,20-22,27H,4-8,13-15H2,1-3H3,(H,37,38)/t20-,21+,22+,27?. The van der Waals surface area contributed by atoms with Gasteiger partial charge in [-0.2, -0.15) is 5.10 Å². The third-order valence-electron chi connectivity index (χ3n) is 8.32. The lowest BCUT2D eigenvalue weighted by atomic mass is 9.96.